The van der Waals surface area contributed by atoms with Crippen LogP contribution in [-0.2, 0) is 10.0 Å². The summed E-state index contributed by atoms with van der Waals surface area (Å²) in [6.07, 6.45) is 0. The van der Waals surface area contributed by atoms with Crippen molar-refractivity contribution < 1.29 is 18.3 Å². The number of anilines is 1. The van der Waals surface area contributed by atoms with Gasteiger partial charge in [0.05, 0.1) is 10.6 Å². The van der Waals surface area contributed by atoms with E-state index in [0.717, 1.165) is 16.9 Å². The first kappa shape index (κ1) is 18.9. The normalized spacial score (nSPS) is 11.5. The summed E-state index contributed by atoms with van der Waals surface area (Å²) in [5.41, 5.74) is 2.01. The average molecular weight is 428 g/mol. The fourth-order valence-electron chi connectivity index (χ4n) is 2.42. The summed E-state index contributed by atoms with van der Waals surface area (Å²) in [5.74, 6) is -1.18. The summed E-state index contributed by atoms with van der Waals surface area (Å²) in [4.78, 5) is 12.3. The van der Waals surface area contributed by atoms with E-state index < -0.39 is 16.0 Å². The molecule has 0 bridgehead atoms. The van der Waals surface area contributed by atoms with Crippen molar-refractivity contribution in [3.05, 3.63) is 56.1 Å². The number of carboxylic acid groups (broad SMARTS) is 1. The van der Waals surface area contributed by atoms with Gasteiger partial charge in [-0.25, -0.2) is 13.2 Å². The van der Waals surface area contributed by atoms with Gasteiger partial charge in [-0.05, 0) is 60.0 Å². The van der Waals surface area contributed by atoms with Crippen LogP contribution >= 0.6 is 34.3 Å². The molecule has 2 N–H and O–H groups in total. The summed E-state index contributed by atoms with van der Waals surface area (Å²) in [6, 6.07) is 6.46. The van der Waals surface area contributed by atoms with E-state index in [1.54, 1.807) is 26.0 Å². The lowest BCUT2D eigenvalue weighted by atomic mass is 10.2. The second-order valence-corrected chi connectivity index (χ2v) is 9.53. The Balaban J connectivity index is 2.05. The minimum Gasteiger partial charge on any atom is -0.477 e. The zero-order chi connectivity index (χ0) is 19.1. The van der Waals surface area contributed by atoms with Crippen LogP contribution in [0.25, 0.3) is 10.4 Å². The Morgan fingerprint density at radius 3 is 2.54 bits per heavy atom. The van der Waals surface area contributed by atoms with E-state index in [9.17, 15) is 18.3 Å². The molecule has 9 heteroatoms. The maximum absolute atomic E-state index is 12.8. The van der Waals surface area contributed by atoms with Crippen molar-refractivity contribution in [1.82, 2.24) is 0 Å². The van der Waals surface area contributed by atoms with Crippen molar-refractivity contribution in [2.24, 2.45) is 0 Å². The van der Waals surface area contributed by atoms with Gasteiger partial charge in [0.25, 0.3) is 10.0 Å². The monoisotopic (exact) mass is 427 g/mol. The minimum atomic E-state index is -3.96. The van der Waals surface area contributed by atoms with E-state index in [1.807, 2.05) is 16.8 Å². The molecule has 5 nitrogen and oxygen atoms in total. The Morgan fingerprint density at radius 2 is 1.92 bits per heavy atom. The molecule has 0 spiro atoms. The van der Waals surface area contributed by atoms with E-state index in [2.05, 4.69) is 4.72 Å². The van der Waals surface area contributed by atoms with Crippen LogP contribution in [0.2, 0.25) is 5.02 Å². The molecular weight excluding hydrogens is 414 g/mol. The van der Waals surface area contributed by atoms with Crippen molar-refractivity contribution >= 4 is 56.0 Å². The van der Waals surface area contributed by atoms with Crippen LogP contribution in [0, 0.1) is 13.8 Å². The number of nitrogens with one attached hydrogen (secondary N) is 1. The Morgan fingerprint density at radius 1 is 1.19 bits per heavy atom. The molecule has 2 aromatic heterocycles. The zero-order valence-electron chi connectivity index (χ0n) is 13.7. The lowest BCUT2D eigenvalue weighted by Gasteiger charge is -2.11. The molecule has 0 amide bonds. The van der Waals surface area contributed by atoms with Gasteiger partial charge in [-0.3, -0.25) is 4.72 Å². The number of hydrogen-bond acceptors (Lipinski definition) is 5. The van der Waals surface area contributed by atoms with Crippen LogP contribution in [0.4, 0.5) is 5.69 Å². The first-order chi connectivity index (χ1) is 12.2. The van der Waals surface area contributed by atoms with Crippen LogP contribution < -0.4 is 4.72 Å². The lowest BCUT2D eigenvalue weighted by molar-refractivity contribution is 0.0703. The highest BCUT2D eigenvalue weighted by atomic mass is 35.5. The van der Waals surface area contributed by atoms with Crippen LogP contribution in [0.15, 0.2) is 39.9 Å². The Bertz CT molecular complexity index is 1090. The number of aromatic carboxylic acids is 1. The summed E-state index contributed by atoms with van der Waals surface area (Å²) < 4.78 is 28.0. The molecule has 26 heavy (non-hydrogen) atoms. The number of thiophene rings is 2. The maximum Gasteiger partial charge on any atom is 0.348 e. The Labute approximate surface area is 163 Å². The SMILES string of the molecule is Cc1cc(S(=O)(=O)Nc2cc(-c3ccsc3)sc2C(=O)O)c(C)cc1Cl. The third-order valence-corrected chi connectivity index (χ3v) is 7.49. The summed E-state index contributed by atoms with van der Waals surface area (Å²) >= 11 is 8.54. The quantitative estimate of drug-likeness (QED) is 0.582. The number of benzene rings is 1. The molecule has 2 heterocycles. The van der Waals surface area contributed by atoms with Crippen molar-refractivity contribution in [2.45, 2.75) is 18.7 Å². The van der Waals surface area contributed by atoms with Gasteiger partial charge < -0.3 is 5.11 Å². The number of carbonyl (C=O) groups is 1. The third-order valence-electron chi connectivity index (χ3n) is 3.72. The highest BCUT2D eigenvalue weighted by molar-refractivity contribution is 7.92. The fraction of sp³-hybridized carbons (Fsp3) is 0.118. The average Bonchev–Trinajstić information content (AvgIpc) is 3.19. The Hall–Kier alpha value is -1.87. The molecule has 0 unspecified atom stereocenters. The van der Waals surface area contributed by atoms with Gasteiger partial charge in [0.1, 0.15) is 4.88 Å². The van der Waals surface area contributed by atoms with Crippen molar-refractivity contribution in [2.75, 3.05) is 4.72 Å². The summed E-state index contributed by atoms with van der Waals surface area (Å²) in [5, 5.41) is 13.7. The van der Waals surface area contributed by atoms with Crippen molar-refractivity contribution in [1.29, 1.82) is 0 Å². The van der Waals surface area contributed by atoms with E-state index in [1.165, 1.54) is 17.4 Å². The molecule has 3 aromatic rings. The molecule has 0 saturated heterocycles. The lowest BCUT2D eigenvalue weighted by Crippen LogP contribution is -2.15. The second-order valence-electron chi connectivity index (χ2n) is 5.64. The second kappa shape index (κ2) is 7.03. The smallest absolute Gasteiger partial charge is 0.348 e. The topological polar surface area (TPSA) is 83.5 Å². The molecule has 136 valence electrons. The molecule has 0 radical (unpaired) electrons. The van der Waals surface area contributed by atoms with Crippen LogP contribution in [0.1, 0.15) is 20.8 Å². The minimum absolute atomic E-state index is 0.0516. The molecule has 0 saturated carbocycles. The Kier molecular flexibility index (Phi) is 5.12. The largest absolute Gasteiger partial charge is 0.477 e. The first-order valence-electron chi connectivity index (χ1n) is 7.38. The van der Waals surface area contributed by atoms with Gasteiger partial charge in [-0.1, -0.05) is 11.6 Å². The number of halogens is 1. The number of carboxylic acids is 1. The van der Waals surface area contributed by atoms with Gasteiger partial charge >= 0.3 is 5.97 Å². The van der Waals surface area contributed by atoms with Gasteiger partial charge in [0.2, 0.25) is 0 Å². The van der Waals surface area contributed by atoms with Crippen LogP contribution in [0.5, 0.6) is 0 Å². The molecule has 3 rings (SSSR count). The first-order valence-corrected chi connectivity index (χ1v) is 11.0. The fourth-order valence-corrected chi connectivity index (χ4v) is 5.75. The predicted molar refractivity (Wildman–Crippen MR) is 106 cm³/mol. The maximum atomic E-state index is 12.8. The van der Waals surface area contributed by atoms with Gasteiger partial charge in [0, 0.05) is 15.5 Å². The summed E-state index contributed by atoms with van der Waals surface area (Å²) in [7, 11) is -3.96. The highest BCUT2D eigenvalue weighted by Gasteiger charge is 2.24. The number of hydrogen-bond donors (Lipinski definition) is 2. The third kappa shape index (κ3) is 3.64. The van der Waals surface area contributed by atoms with E-state index in [4.69, 9.17) is 11.6 Å². The van der Waals surface area contributed by atoms with Crippen LogP contribution in [0.3, 0.4) is 0 Å². The molecule has 0 fully saturated rings. The molecule has 0 aliphatic carbocycles. The molecule has 0 atom stereocenters. The van der Waals surface area contributed by atoms with Gasteiger partial charge in [0.15, 0.2) is 0 Å². The van der Waals surface area contributed by atoms with E-state index >= 15 is 0 Å². The number of aryl methyl sites for hydroxylation is 2. The van der Waals surface area contributed by atoms with Gasteiger partial charge in [-0.2, -0.15) is 11.3 Å². The molecule has 1 aromatic carbocycles. The molecular formula is C17H14ClNO4S3. The molecule has 0 aliphatic rings. The van der Waals surface area contributed by atoms with E-state index in [-0.39, 0.29) is 15.5 Å². The number of rotatable bonds is 5. The predicted octanol–water partition coefficient (Wildman–Crippen LogP) is 5.25. The standard InChI is InChI=1S/C17H14ClNO4S3/c1-9-6-15(10(2)5-12(9)18)26(22,23)19-13-7-14(11-3-4-24-8-11)25-16(13)17(20)21/h3-8,19H,1-2H3,(H,20,21). The van der Waals surface area contributed by atoms with Gasteiger partial charge in [-0.15, -0.1) is 11.3 Å². The molecule has 0 aliphatic heterocycles. The van der Waals surface area contributed by atoms with E-state index in [0.29, 0.717) is 21.0 Å². The zero-order valence-corrected chi connectivity index (χ0v) is 16.9. The van der Waals surface area contributed by atoms with Crippen molar-refractivity contribution in [3.8, 4) is 10.4 Å². The van der Waals surface area contributed by atoms with Crippen molar-refractivity contribution in [3.63, 3.8) is 0 Å². The summed E-state index contributed by atoms with van der Waals surface area (Å²) in [6.45, 7) is 3.35. The number of sulfonamides is 1. The van der Waals surface area contributed by atoms with Crippen LogP contribution in [-0.4, -0.2) is 19.5 Å². The highest BCUT2D eigenvalue weighted by Crippen LogP contribution is 2.37.